The van der Waals surface area contributed by atoms with Crippen LogP contribution in [0.5, 0.6) is 0 Å². The Balaban J connectivity index is 1.92. The third kappa shape index (κ3) is 2.53. The summed E-state index contributed by atoms with van der Waals surface area (Å²) in [4.78, 5) is 0. The predicted octanol–water partition coefficient (Wildman–Crippen LogP) is 0.930. The molecule has 2 N–H and O–H groups in total. The van der Waals surface area contributed by atoms with E-state index in [0.717, 1.165) is 26.1 Å². The fraction of sp³-hybridized carbons (Fsp3) is 0.455. The van der Waals surface area contributed by atoms with Crippen LogP contribution in [0.25, 0.3) is 0 Å². The molecule has 0 aliphatic carbocycles. The van der Waals surface area contributed by atoms with Crippen molar-refractivity contribution in [3.8, 4) is 0 Å². The van der Waals surface area contributed by atoms with Gasteiger partial charge in [-0.25, -0.2) is 4.39 Å². The van der Waals surface area contributed by atoms with Gasteiger partial charge in [0.05, 0.1) is 0 Å². The van der Waals surface area contributed by atoms with Crippen LogP contribution >= 0.6 is 0 Å². The Kier molecular flexibility index (Phi) is 3.11. The summed E-state index contributed by atoms with van der Waals surface area (Å²) in [6.45, 7) is 3.06. The van der Waals surface area contributed by atoms with Crippen LogP contribution < -0.4 is 10.6 Å². The first-order valence-corrected chi connectivity index (χ1v) is 5.03. The first-order valence-electron chi connectivity index (χ1n) is 5.03. The summed E-state index contributed by atoms with van der Waals surface area (Å²) >= 11 is 0. The minimum absolute atomic E-state index is 0.163. The molecule has 0 bridgehead atoms. The minimum Gasteiger partial charge on any atom is -0.314 e. The Hall–Kier alpha value is -0.930. The summed E-state index contributed by atoms with van der Waals surface area (Å²) in [6.07, 6.45) is 0.966. The fourth-order valence-electron chi connectivity index (χ4n) is 1.76. The van der Waals surface area contributed by atoms with E-state index in [2.05, 4.69) is 10.6 Å². The maximum Gasteiger partial charge on any atom is 0.123 e. The van der Waals surface area contributed by atoms with E-state index in [1.165, 1.54) is 17.7 Å². The van der Waals surface area contributed by atoms with Crippen LogP contribution in [0.15, 0.2) is 24.3 Å². The van der Waals surface area contributed by atoms with Crippen molar-refractivity contribution in [3.05, 3.63) is 35.6 Å². The number of halogens is 1. The highest BCUT2D eigenvalue weighted by Gasteiger charge is 2.11. The summed E-state index contributed by atoms with van der Waals surface area (Å²) < 4.78 is 12.6. The van der Waals surface area contributed by atoms with Gasteiger partial charge in [-0.2, -0.15) is 0 Å². The second-order valence-corrected chi connectivity index (χ2v) is 3.69. The van der Waals surface area contributed by atoms with Crippen LogP contribution in [0.2, 0.25) is 0 Å². The lowest BCUT2D eigenvalue weighted by Crippen LogP contribution is -2.49. The van der Waals surface area contributed by atoms with Crippen molar-refractivity contribution in [2.75, 3.05) is 19.6 Å². The van der Waals surface area contributed by atoms with Crippen molar-refractivity contribution in [2.24, 2.45) is 0 Å². The Labute approximate surface area is 83.5 Å². The molecule has 0 saturated carbocycles. The molecule has 0 aromatic heterocycles. The van der Waals surface area contributed by atoms with Gasteiger partial charge in [0.15, 0.2) is 0 Å². The Morgan fingerprint density at radius 3 is 2.64 bits per heavy atom. The van der Waals surface area contributed by atoms with E-state index < -0.39 is 0 Å². The zero-order valence-electron chi connectivity index (χ0n) is 8.09. The van der Waals surface area contributed by atoms with Gasteiger partial charge in [0.25, 0.3) is 0 Å². The van der Waals surface area contributed by atoms with Gasteiger partial charge in [-0.1, -0.05) is 12.1 Å². The highest BCUT2D eigenvalue weighted by atomic mass is 19.1. The number of rotatable bonds is 2. The summed E-state index contributed by atoms with van der Waals surface area (Å²) in [6, 6.07) is 7.23. The number of hydrogen-bond acceptors (Lipinski definition) is 2. The predicted molar refractivity (Wildman–Crippen MR) is 54.8 cm³/mol. The number of hydrogen-bond donors (Lipinski definition) is 2. The van der Waals surface area contributed by atoms with Crippen LogP contribution in [0.3, 0.4) is 0 Å². The molecule has 1 heterocycles. The lowest BCUT2D eigenvalue weighted by molar-refractivity contribution is 0.416. The average Bonchev–Trinajstić information content (AvgIpc) is 2.23. The molecule has 0 unspecified atom stereocenters. The van der Waals surface area contributed by atoms with Gasteiger partial charge in [-0.3, -0.25) is 0 Å². The largest absolute Gasteiger partial charge is 0.314 e. The molecule has 0 amide bonds. The molecular weight excluding hydrogens is 179 g/mol. The fourth-order valence-corrected chi connectivity index (χ4v) is 1.76. The molecular formula is C11H15FN2. The summed E-state index contributed by atoms with van der Waals surface area (Å²) in [5.74, 6) is -0.163. The maximum atomic E-state index is 12.6. The number of piperazine rings is 1. The standard InChI is InChI=1S/C11H15FN2/c12-10-3-1-9(2-4-10)7-11-8-13-5-6-14-11/h1-4,11,13-14H,5-8H2/t11-/m1/s1. The van der Waals surface area contributed by atoms with Crippen molar-refractivity contribution >= 4 is 0 Å². The van der Waals surface area contributed by atoms with E-state index in [-0.39, 0.29) is 5.82 Å². The van der Waals surface area contributed by atoms with Gasteiger partial charge in [0.2, 0.25) is 0 Å². The van der Waals surface area contributed by atoms with Crippen LogP contribution in [0.1, 0.15) is 5.56 Å². The van der Waals surface area contributed by atoms with E-state index >= 15 is 0 Å². The van der Waals surface area contributed by atoms with Gasteiger partial charge < -0.3 is 10.6 Å². The third-order valence-electron chi connectivity index (χ3n) is 2.52. The topological polar surface area (TPSA) is 24.1 Å². The molecule has 1 aliphatic rings. The van der Waals surface area contributed by atoms with Crippen LogP contribution in [-0.4, -0.2) is 25.7 Å². The highest BCUT2D eigenvalue weighted by Crippen LogP contribution is 2.06. The van der Waals surface area contributed by atoms with Crippen LogP contribution in [0.4, 0.5) is 4.39 Å². The normalized spacial score (nSPS) is 22.2. The molecule has 76 valence electrons. The highest BCUT2D eigenvalue weighted by molar-refractivity contribution is 5.17. The molecule has 1 aromatic carbocycles. The zero-order chi connectivity index (χ0) is 9.80. The molecule has 0 spiro atoms. The molecule has 1 saturated heterocycles. The van der Waals surface area contributed by atoms with Crippen LogP contribution in [0, 0.1) is 5.82 Å². The zero-order valence-corrected chi connectivity index (χ0v) is 8.09. The molecule has 1 atom stereocenters. The molecule has 1 fully saturated rings. The van der Waals surface area contributed by atoms with Crippen molar-refractivity contribution in [3.63, 3.8) is 0 Å². The lowest BCUT2D eigenvalue weighted by atomic mass is 10.0. The van der Waals surface area contributed by atoms with Crippen LogP contribution in [-0.2, 0) is 6.42 Å². The summed E-state index contributed by atoms with van der Waals surface area (Å²) in [7, 11) is 0. The van der Waals surface area contributed by atoms with E-state index in [1.54, 1.807) is 0 Å². The Bertz CT molecular complexity index is 278. The lowest BCUT2D eigenvalue weighted by Gasteiger charge is -2.24. The van der Waals surface area contributed by atoms with Gasteiger partial charge in [-0.05, 0) is 24.1 Å². The summed E-state index contributed by atoms with van der Waals surface area (Å²) in [5, 5.41) is 6.76. The van der Waals surface area contributed by atoms with Gasteiger partial charge in [0, 0.05) is 25.7 Å². The minimum atomic E-state index is -0.163. The summed E-state index contributed by atoms with van der Waals surface area (Å²) in [5.41, 5.74) is 1.19. The molecule has 1 aliphatic heterocycles. The number of nitrogens with one attached hydrogen (secondary N) is 2. The van der Waals surface area contributed by atoms with Crippen molar-refractivity contribution in [2.45, 2.75) is 12.5 Å². The maximum absolute atomic E-state index is 12.6. The van der Waals surface area contributed by atoms with E-state index in [9.17, 15) is 4.39 Å². The molecule has 2 rings (SSSR count). The van der Waals surface area contributed by atoms with E-state index in [4.69, 9.17) is 0 Å². The molecule has 3 heteroatoms. The molecule has 14 heavy (non-hydrogen) atoms. The second kappa shape index (κ2) is 4.53. The number of benzene rings is 1. The van der Waals surface area contributed by atoms with E-state index in [0.29, 0.717) is 6.04 Å². The first kappa shape index (κ1) is 9.62. The monoisotopic (exact) mass is 194 g/mol. The molecule has 1 aromatic rings. The van der Waals surface area contributed by atoms with Crippen molar-refractivity contribution < 1.29 is 4.39 Å². The Morgan fingerprint density at radius 1 is 1.21 bits per heavy atom. The average molecular weight is 194 g/mol. The van der Waals surface area contributed by atoms with Crippen molar-refractivity contribution in [1.29, 1.82) is 0 Å². The molecule has 2 nitrogen and oxygen atoms in total. The SMILES string of the molecule is Fc1ccc(C[C@@H]2CNCCN2)cc1. The first-order chi connectivity index (χ1) is 6.84. The Morgan fingerprint density at radius 2 is 2.00 bits per heavy atom. The van der Waals surface area contributed by atoms with E-state index in [1.807, 2.05) is 12.1 Å². The smallest absolute Gasteiger partial charge is 0.123 e. The quantitative estimate of drug-likeness (QED) is 0.732. The third-order valence-corrected chi connectivity index (χ3v) is 2.52. The van der Waals surface area contributed by atoms with Gasteiger partial charge in [-0.15, -0.1) is 0 Å². The second-order valence-electron chi connectivity index (χ2n) is 3.69. The van der Waals surface area contributed by atoms with Gasteiger partial charge >= 0.3 is 0 Å². The molecule has 0 radical (unpaired) electrons. The van der Waals surface area contributed by atoms with Crippen molar-refractivity contribution in [1.82, 2.24) is 10.6 Å². The van der Waals surface area contributed by atoms with Gasteiger partial charge in [0.1, 0.15) is 5.82 Å².